The topological polar surface area (TPSA) is 55.4 Å². The average Bonchev–Trinajstić information content (AvgIpc) is 2.71. The highest BCUT2D eigenvalue weighted by atomic mass is 79.9. The van der Waals surface area contributed by atoms with Crippen LogP contribution in [0.25, 0.3) is 0 Å². The second-order valence-corrected chi connectivity index (χ2v) is 8.11. The van der Waals surface area contributed by atoms with Gasteiger partial charge in [-0.1, -0.05) is 12.1 Å². The maximum Gasteiger partial charge on any atom is 0.271 e. The van der Waals surface area contributed by atoms with Gasteiger partial charge in [0.15, 0.2) is 0 Å². The lowest BCUT2D eigenvalue weighted by Crippen LogP contribution is -2.12. The maximum absolute atomic E-state index is 12.3. The van der Waals surface area contributed by atoms with Gasteiger partial charge in [-0.15, -0.1) is 11.3 Å². The monoisotopic (exact) mass is 361 g/mol. The molecule has 0 spiro atoms. The first kappa shape index (κ1) is 14.4. The van der Waals surface area contributed by atoms with Crippen molar-refractivity contribution in [3.05, 3.63) is 39.7 Å². The molecule has 0 bridgehead atoms. The van der Waals surface area contributed by atoms with Gasteiger partial charge < -0.3 is 4.74 Å². The molecule has 0 radical (unpaired) electrons. The van der Waals surface area contributed by atoms with Gasteiger partial charge in [-0.05, 0) is 46.6 Å². The van der Waals surface area contributed by atoms with Crippen molar-refractivity contribution in [2.24, 2.45) is 0 Å². The Kier molecular flexibility index (Phi) is 4.17. The molecule has 1 aromatic carbocycles. The van der Waals surface area contributed by atoms with E-state index in [4.69, 9.17) is 4.74 Å². The number of hydrogen-bond acceptors (Lipinski definition) is 4. The second-order valence-electron chi connectivity index (χ2n) is 3.83. The highest BCUT2D eigenvalue weighted by Crippen LogP contribution is 2.33. The summed E-state index contributed by atoms with van der Waals surface area (Å²) in [6.45, 7) is 1.85. The van der Waals surface area contributed by atoms with E-state index in [2.05, 4.69) is 20.7 Å². The molecule has 0 fully saturated rings. The first-order valence-corrected chi connectivity index (χ1v) is 8.45. The number of halogens is 1. The molecule has 0 aliphatic carbocycles. The molecule has 7 heteroatoms. The lowest BCUT2D eigenvalue weighted by molar-refractivity contribution is 0.417. The molecular weight excluding hydrogens is 350 g/mol. The zero-order chi connectivity index (χ0) is 14.0. The Morgan fingerprint density at radius 3 is 2.58 bits per heavy atom. The minimum absolute atomic E-state index is 0.266. The summed E-state index contributed by atoms with van der Waals surface area (Å²) in [5, 5.41) is 0. The van der Waals surface area contributed by atoms with Crippen LogP contribution in [0.4, 0.5) is 5.69 Å². The first-order chi connectivity index (χ1) is 8.94. The number of hydrogen-bond donors (Lipinski definition) is 1. The standard InChI is InChI=1S/C12H12BrNO3S2/c1-8-7-11(18-12(8)13)19(15,16)14-9-5-3-4-6-10(9)17-2/h3-7,14H,1-2H3. The van der Waals surface area contributed by atoms with E-state index in [1.165, 1.54) is 18.4 Å². The molecule has 0 amide bonds. The molecule has 1 aromatic heterocycles. The van der Waals surface area contributed by atoms with Crippen molar-refractivity contribution < 1.29 is 13.2 Å². The van der Waals surface area contributed by atoms with Crippen molar-refractivity contribution in [1.29, 1.82) is 0 Å². The molecule has 1 heterocycles. The fourth-order valence-electron chi connectivity index (χ4n) is 1.49. The maximum atomic E-state index is 12.3. The molecule has 2 aromatic rings. The van der Waals surface area contributed by atoms with Gasteiger partial charge >= 0.3 is 0 Å². The SMILES string of the molecule is COc1ccccc1NS(=O)(=O)c1cc(C)c(Br)s1. The Labute approximate surface area is 124 Å². The molecule has 1 N–H and O–H groups in total. The molecule has 0 saturated heterocycles. The largest absolute Gasteiger partial charge is 0.495 e. The van der Waals surface area contributed by atoms with E-state index in [0.717, 1.165) is 9.35 Å². The van der Waals surface area contributed by atoms with Gasteiger partial charge in [0.25, 0.3) is 10.0 Å². The number of benzene rings is 1. The molecule has 0 unspecified atom stereocenters. The van der Waals surface area contributed by atoms with Crippen LogP contribution >= 0.6 is 27.3 Å². The third-order valence-electron chi connectivity index (χ3n) is 2.45. The number of methoxy groups -OCH3 is 1. The number of rotatable bonds is 4. The number of ether oxygens (including phenoxy) is 1. The lowest BCUT2D eigenvalue weighted by Gasteiger charge is -2.10. The molecule has 0 aliphatic rings. The summed E-state index contributed by atoms with van der Waals surface area (Å²) in [4.78, 5) is 0. The number of nitrogens with one attached hydrogen (secondary N) is 1. The number of anilines is 1. The van der Waals surface area contributed by atoms with Crippen molar-refractivity contribution >= 4 is 43.0 Å². The molecule has 0 aliphatic heterocycles. The summed E-state index contributed by atoms with van der Waals surface area (Å²) >= 11 is 4.50. The fraction of sp³-hybridized carbons (Fsp3) is 0.167. The molecule has 0 saturated carbocycles. The van der Waals surface area contributed by atoms with Gasteiger partial charge in [0.2, 0.25) is 0 Å². The van der Waals surface area contributed by atoms with E-state index in [-0.39, 0.29) is 4.21 Å². The molecule has 102 valence electrons. The number of para-hydroxylation sites is 2. The van der Waals surface area contributed by atoms with Gasteiger partial charge in [0, 0.05) is 0 Å². The van der Waals surface area contributed by atoms with Crippen LogP contribution in [0, 0.1) is 6.92 Å². The lowest BCUT2D eigenvalue weighted by atomic mass is 10.3. The summed E-state index contributed by atoms with van der Waals surface area (Å²) in [5.41, 5.74) is 1.32. The van der Waals surface area contributed by atoms with Crippen LogP contribution in [0.5, 0.6) is 5.75 Å². The van der Waals surface area contributed by atoms with E-state index in [0.29, 0.717) is 11.4 Å². The Balaban J connectivity index is 2.36. The van der Waals surface area contributed by atoms with Crippen LogP contribution in [0.1, 0.15) is 5.56 Å². The summed E-state index contributed by atoms with van der Waals surface area (Å²) < 4.78 is 33.3. The predicted octanol–water partition coefficient (Wildman–Crippen LogP) is 3.63. The van der Waals surface area contributed by atoms with E-state index < -0.39 is 10.0 Å². The molecular formula is C12H12BrNO3S2. The number of sulfonamides is 1. The number of aryl methyl sites for hydroxylation is 1. The highest BCUT2D eigenvalue weighted by molar-refractivity contribution is 9.11. The summed E-state index contributed by atoms with van der Waals surface area (Å²) in [5.74, 6) is 0.485. The van der Waals surface area contributed by atoms with E-state index in [1.54, 1.807) is 30.3 Å². The minimum atomic E-state index is -3.59. The molecule has 2 rings (SSSR count). The van der Waals surface area contributed by atoms with Crippen LogP contribution in [-0.4, -0.2) is 15.5 Å². The van der Waals surface area contributed by atoms with Gasteiger partial charge in [0.1, 0.15) is 9.96 Å². The molecule has 4 nitrogen and oxygen atoms in total. The zero-order valence-electron chi connectivity index (χ0n) is 10.3. The Morgan fingerprint density at radius 2 is 2.00 bits per heavy atom. The predicted molar refractivity (Wildman–Crippen MR) is 80.6 cm³/mol. The second kappa shape index (κ2) is 5.52. The van der Waals surface area contributed by atoms with E-state index >= 15 is 0 Å². The summed E-state index contributed by atoms with van der Waals surface area (Å²) in [6, 6.07) is 8.52. The van der Waals surface area contributed by atoms with Crippen molar-refractivity contribution in [2.75, 3.05) is 11.8 Å². The van der Waals surface area contributed by atoms with Crippen molar-refractivity contribution in [3.63, 3.8) is 0 Å². The van der Waals surface area contributed by atoms with Crippen molar-refractivity contribution in [3.8, 4) is 5.75 Å². The normalized spacial score (nSPS) is 11.3. The van der Waals surface area contributed by atoms with Crippen LogP contribution in [-0.2, 0) is 10.0 Å². The van der Waals surface area contributed by atoms with Crippen LogP contribution in [0.2, 0.25) is 0 Å². The Hall–Kier alpha value is -1.05. The molecule has 0 atom stereocenters. The van der Waals surface area contributed by atoms with Crippen LogP contribution in [0.15, 0.2) is 38.3 Å². The summed E-state index contributed by atoms with van der Waals surface area (Å²) in [7, 11) is -2.09. The smallest absolute Gasteiger partial charge is 0.271 e. The van der Waals surface area contributed by atoms with Gasteiger partial charge in [-0.2, -0.15) is 0 Å². The fourth-order valence-corrected chi connectivity index (χ4v) is 4.78. The minimum Gasteiger partial charge on any atom is -0.495 e. The Bertz CT molecular complexity index is 675. The molecule has 19 heavy (non-hydrogen) atoms. The van der Waals surface area contributed by atoms with Gasteiger partial charge in [0.05, 0.1) is 16.6 Å². The average molecular weight is 362 g/mol. The zero-order valence-corrected chi connectivity index (χ0v) is 13.5. The van der Waals surface area contributed by atoms with Crippen molar-refractivity contribution in [1.82, 2.24) is 0 Å². The van der Waals surface area contributed by atoms with Gasteiger partial charge in [-0.25, -0.2) is 8.42 Å². The first-order valence-electron chi connectivity index (χ1n) is 5.36. The van der Waals surface area contributed by atoms with Crippen molar-refractivity contribution in [2.45, 2.75) is 11.1 Å². The summed E-state index contributed by atoms with van der Waals surface area (Å²) in [6.07, 6.45) is 0. The van der Waals surface area contributed by atoms with Crippen LogP contribution in [0.3, 0.4) is 0 Å². The highest BCUT2D eigenvalue weighted by Gasteiger charge is 2.19. The van der Waals surface area contributed by atoms with Gasteiger partial charge in [-0.3, -0.25) is 4.72 Å². The van der Waals surface area contributed by atoms with E-state index in [9.17, 15) is 8.42 Å². The quantitative estimate of drug-likeness (QED) is 0.904. The Morgan fingerprint density at radius 1 is 1.32 bits per heavy atom. The van der Waals surface area contributed by atoms with Crippen LogP contribution < -0.4 is 9.46 Å². The third-order valence-corrected chi connectivity index (χ3v) is 6.43. The van der Waals surface area contributed by atoms with E-state index in [1.807, 2.05) is 6.92 Å². The third kappa shape index (κ3) is 3.10. The number of thiophene rings is 1.